The molecule has 3 rings (SSSR count). The molecule has 2 aliphatic heterocycles. The second-order valence-electron chi connectivity index (χ2n) is 6.81. The van der Waals surface area contributed by atoms with Gasteiger partial charge in [0, 0.05) is 5.92 Å². The highest BCUT2D eigenvalue weighted by molar-refractivity contribution is 5.68. The molecule has 25 heavy (non-hydrogen) atoms. The van der Waals surface area contributed by atoms with Gasteiger partial charge in [-0.1, -0.05) is 18.2 Å². The van der Waals surface area contributed by atoms with Gasteiger partial charge < -0.3 is 19.3 Å². The largest absolute Gasteiger partial charge is 0.482 e. The fourth-order valence-corrected chi connectivity index (χ4v) is 4.06. The van der Waals surface area contributed by atoms with E-state index in [1.807, 2.05) is 12.1 Å². The Morgan fingerprint density at radius 2 is 2.12 bits per heavy atom. The summed E-state index contributed by atoms with van der Waals surface area (Å²) in [5.74, 6) is 0.624. The zero-order valence-electron chi connectivity index (χ0n) is 14.4. The Kier molecular flexibility index (Phi) is 6.10. The number of aliphatic carboxylic acids is 1. The molecule has 1 N–H and O–H groups in total. The monoisotopic (exact) mass is 346 g/mol. The molecule has 2 fully saturated rings. The lowest BCUT2D eigenvalue weighted by Gasteiger charge is -2.27. The Hall–Kier alpha value is -1.85. The zero-order chi connectivity index (χ0) is 17.6. The van der Waals surface area contributed by atoms with Crippen molar-refractivity contribution in [2.24, 2.45) is 11.8 Å². The Labute approximate surface area is 148 Å². The molecule has 1 aromatic rings. The summed E-state index contributed by atoms with van der Waals surface area (Å²) in [6.45, 7) is 4.71. The number of carboxylic acid groups (broad SMARTS) is 1. The molecular formula is C20H26O5. The molecule has 0 saturated carbocycles. The highest BCUT2D eigenvalue weighted by atomic mass is 16.5. The number of hydrogen-bond acceptors (Lipinski definition) is 4. The van der Waals surface area contributed by atoms with Gasteiger partial charge in [-0.05, 0) is 49.3 Å². The van der Waals surface area contributed by atoms with Crippen molar-refractivity contribution in [2.45, 2.75) is 37.9 Å². The molecule has 4 atom stereocenters. The van der Waals surface area contributed by atoms with Crippen LogP contribution in [0.3, 0.4) is 0 Å². The van der Waals surface area contributed by atoms with E-state index in [-0.39, 0.29) is 6.61 Å². The van der Waals surface area contributed by atoms with Crippen LogP contribution in [0.4, 0.5) is 0 Å². The second kappa shape index (κ2) is 8.50. The van der Waals surface area contributed by atoms with Gasteiger partial charge in [0.05, 0.1) is 25.4 Å². The summed E-state index contributed by atoms with van der Waals surface area (Å²) in [7, 11) is 0. The van der Waals surface area contributed by atoms with Crippen molar-refractivity contribution in [1.29, 1.82) is 0 Å². The Morgan fingerprint density at radius 3 is 2.88 bits per heavy atom. The molecule has 1 aromatic carbocycles. The van der Waals surface area contributed by atoms with Crippen molar-refractivity contribution >= 4 is 5.97 Å². The predicted molar refractivity (Wildman–Crippen MR) is 93.8 cm³/mol. The van der Waals surface area contributed by atoms with Crippen LogP contribution in [0, 0.1) is 11.8 Å². The number of hydrogen-bond donors (Lipinski definition) is 1. The van der Waals surface area contributed by atoms with E-state index in [4.69, 9.17) is 19.3 Å². The third-order valence-electron chi connectivity index (χ3n) is 5.16. The van der Waals surface area contributed by atoms with Gasteiger partial charge in [-0.2, -0.15) is 0 Å². The fraction of sp³-hybridized carbons (Fsp3) is 0.550. The summed E-state index contributed by atoms with van der Waals surface area (Å²) >= 11 is 0. The molecule has 0 amide bonds. The van der Waals surface area contributed by atoms with Crippen molar-refractivity contribution < 1.29 is 24.1 Å². The lowest BCUT2D eigenvalue weighted by molar-refractivity contribution is -0.139. The molecule has 136 valence electrons. The third kappa shape index (κ3) is 4.61. The van der Waals surface area contributed by atoms with Crippen LogP contribution >= 0.6 is 0 Å². The van der Waals surface area contributed by atoms with Crippen LogP contribution in [-0.4, -0.2) is 43.1 Å². The van der Waals surface area contributed by atoms with Crippen molar-refractivity contribution in [3.8, 4) is 5.75 Å². The molecule has 2 bridgehead atoms. The van der Waals surface area contributed by atoms with Gasteiger partial charge in [-0.25, -0.2) is 4.79 Å². The lowest BCUT2D eigenvalue weighted by Crippen LogP contribution is -2.31. The van der Waals surface area contributed by atoms with E-state index in [0.717, 1.165) is 37.9 Å². The minimum Gasteiger partial charge on any atom is -0.482 e. The van der Waals surface area contributed by atoms with Crippen molar-refractivity contribution in [2.75, 3.05) is 19.8 Å². The first kappa shape index (κ1) is 18.0. The molecule has 2 aliphatic rings. The standard InChI is InChI=1S/C20H26O5/c1-2-10-23-12-17-16(18-8-9-19(17)25-18)7-6-14-4-3-5-15(11-14)24-13-20(21)22/h2-5,11,16-19H,1,6-10,12-13H2,(H,21,22)/t16-,17+,18-,19+/m0/s1. The molecule has 2 heterocycles. The summed E-state index contributed by atoms with van der Waals surface area (Å²) in [6, 6.07) is 7.69. The highest BCUT2D eigenvalue weighted by Crippen LogP contribution is 2.45. The average molecular weight is 346 g/mol. The van der Waals surface area contributed by atoms with Gasteiger partial charge in [0.1, 0.15) is 5.75 Å². The maximum atomic E-state index is 10.6. The fourth-order valence-electron chi connectivity index (χ4n) is 4.06. The van der Waals surface area contributed by atoms with E-state index in [1.165, 1.54) is 0 Å². The summed E-state index contributed by atoms with van der Waals surface area (Å²) in [5.41, 5.74) is 1.16. The molecule has 0 spiro atoms. The van der Waals surface area contributed by atoms with E-state index in [9.17, 15) is 4.79 Å². The number of carboxylic acids is 1. The molecule has 2 saturated heterocycles. The van der Waals surface area contributed by atoms with Crippen LogP contribution in [0.1, 0.15) is 24.8 Å². The van der Waals surface area contributed by atoms with Crippen LogP contribution in [-0.2, 0) is 20.7 Å². The summed E-state index contributed by atoms with van der Waals surface area (Å²) in [4.78, 5) is 10.6. The van der Waals surface area contributed by atoms with Crippen LogP contribution < -0.4 is 4.74 Å². The van der Waals surface area contributed by atoms with Crippen molar-refractivity contribution in [3.63, 3.8) is 0 Å². The molecule has 0 unspecified atom stereocenters. The Morgan fingerprint density at radius 1 is 1.32 bits per heavy atom. The number of aryl methyl sites for hydroxylation is 1. The van der Waals surface area contributed by atoms with E-state index in [2.05, 4.69) is 12.6 Å². The normalized spacial score (nSPS) is 27.4. The van der Waals surface area contributed by atoms with Gasteiger partial charge in [-0.15, -0.1) is 6.58 Å². The number of rotatable bonds is 10. The van der Waals surface area contributed by atoms with E-state index >= 15 is 0 Å². The van der Waals surface area contributed by atoms with Crippen molar-refractivity contribution in [1.82, 2.24) is 0 Å². The predicted octanol–water partition coefficient (Wildman–Crippen LogP) is 3.08. The van der Waals surface area contributed by atoms with Crippen LogP contribution in [0.2, 0.25) is 0 Å². The Balaban J connectivity index is 1.55. The van der Waals surface area contributed by atoms with Crippen LogP contribution in [0.25, 0.3) is 0 Å². The first-order valence-electron chi connectivity index (χ1n) is 8.95. The SMILES string of the molecule is C=CCOC[C@@H]1[C@H](CCc2cccc(OCC(=O)O)c2)[C@@H]2CC[C@H]1O2. The van der Waals surface area contributed by atoms with Gasteiger partial charge in [-0.3, -0.25) is 0 Å². The van der Waals surface area contributed by atoms with Gasteiger partial charge >= 0.3 is 5.97 Å². The van der Waals surface area contributed by atoms with Gasteiger partial charge in [0.25, 0.3) is 0 Å². The lowest BCUT2D eigenvalue weighted by atomic mass is 9.77. The van der Waals surface area contributed by atoms with Gasteiger partial charge in [0.2, 0.25) is 0 Å². The zero-order valence-corrected chi connectivity index (χ0v) is 14.4. The van der Waals surface area contributed by atoms with Crippen molar-refractivity contribution in [3.05, 3.63) is 42.5 Å². The Bertz CT molecular complexity index is 600. The summed E-state index contributed by atoms with van der Waals surface area (Å²) in [5, 5.41) is 8.71. The molecular weight excluding hydrogens is 320 g/mol. The van der Waals surface area contributed by atoms with Gasteiger partial charge in [0.15, 0.2) is 6.61 Å². The molecule has 0 radical (unpaired) electrons. The maximum Gasteiger partial charge on any atom is 0.341 e. The van der Waals surface area contributed by atoms with E-state index < -0.39 is 5.97 Å². The topological polar surface area (TPSA) is 65.0 Å². The van der Waals surface area contributed by atoms with E-state index in [0.29, 0.717) is 36.4 Å². The smallest absolute Gasteiger partial charge is 0.341 e. The summed E-state index contributed by atoms with van der Waals surface area (Å²) < 4.78 is 17.1. The average Bonchev–Trinajstić information content (AvgIpc) is 3.20. The minimum absolute atomic E-state index is 0.313. The van der Waals surface area contributed by atoms with Crippen LogP contribution in [0.5, 0.6) is 5.75 Å². The van der Waals surface area contributed by atoms with E-state index in [1.54, 1.807) is 12.1 Å². The minimum atomic E-state index is -0.966. The first-order valence-corrected chi connectivity index (χ1v) is 8.95. The third-order valence-corrected chi connectivity index (χ3v) is 5.16. The molecule has 0 aromatic heterocycles. The molecule has 0 aliphatic carbocycles. The quantitative estimate of drug-likeness (QED) is 0.521. The first-order chi connectivity index (χ1) is 12.2. The highest BCUT2D eigenvalue weighted by Gasteiger charge is 2.48. The second-order valence-corrected chi connectivity index (χ2v) is 6.81. The number of benzene rings is 1. The number of fused-ring (bicyclic) bond motifs is 2. The number of carbonyl (C=O) groups is 1. The summed E-state index contributed by atoms with van der Waals surface area (Å²) in [6.07, 6.45) is 6.74. The number of ether oxygens (including phenoxy) is 3. The molecule has 5 nitrogen and oxygen atoms in total. The van der Waals surface area contributed by atoms with Crippen LogP contribution in [0.15, 0.2) is 36.9 Å². The molecule has 5 heteroatoms. The maximum absolute atomic E-state index is 10.6.